The fourth-order valence-corrected chi connectivity index (χ4v) is 0. The normalized spacial score (nSPS) is 3.56. The van der Waals surface area contributed by atoms with Crippen LogP contribution in [0.4, 0.5) is 0 Å². The maximum absolute atomic E-state index is 2.37. The number of rotatable bonds is 0. The van der Waals surface area contributed by atoms with Crippen LogP contribution < -0.4 is 0 Å². The molecule has 0 aromatic rings. The van der Waals surface area contributed by atoms with Crippen molar-refractivity contribution in [1.29, 1.82) is 0 Å². The summed E-state index contributed by atoms with van der Waals surface area (Å²) in [6.45, 7) is 8.00. The third-order valence-corrected chi connectivity index (χ3v) is 0. The van der Waals surface area contributed by atoms with Gasteiger partial charge in [-0.1, -0.05) is 50.3 Å². The third kappa shape index (κ3) is 108. The van der Waals surface area contributed by atoms with Crippen molar-refractivity contribution in [1.82, 2.24) is 0 Å². The van der Waals surface area contributed by atoms with Crippen molar-refractivity contribution < 1.29 is 9.47 Å². The Kier molecular flexibility index (Phi) is 182. The number of alkyl halides is 1. The van der Waals surface area contributed by atoms with Gasteiger partial charge in [0.25, 0.3) is 0 Å². The summed E-state index contributed by atoms with van der Waals surface area (Å²) in [6, 6.07) is 0. The second kappa shape index (κ2) is 72.3. The first-order valence-electron chi connectivity index (χ1n) is 2.72. The quantitative estimate of drug-likeness (QED) is 0.325. The van der Waals surface area contributed by atoms with E-state index in [9.17, 15) is 0 Å². The van der Waals surface area contributed by atoms with Gasteiger partial charge in [0.2, 0.25) is 0 Å². The van der Waals surface area contributed by atoms with Crippen molar-refractivity contribution >= 4 is 62.5 Å². The molecule has 0 rings (SSSR count). The van der Waals surface area contributed by atoms with Crippen molar-refractivity contribution in [3.05, 3.63) is 0 Å². The van der Waals surface area contributed by atoms with Gasteiger partial charge in [0.15, 0.2) is 0 Å². The summed E-state index contributed by atoms with van der Waals surface area (Å²) in [4.78, 5) is 1.97. The molecule has 0 atom stereocenters. The Labute approximate surface area is 103 Å². The summed E-state index contributed by atoms with van der Waals surface area (Å²) >= 11 is 6.89. The van der Waals surface area contributed by atoms with Crippen LogP contribution >= 0.6 is 62.5 Å². The van der Waals surface area contributed by atoms with E-state index in [0.29, 0.717) is 9.47 Å². The van der Waals surface area contributed by atoms with Crippen LogP contribution in [0.15, 0.2) is 0 Å². The van der Waals surface area contributed by atoms with Crippen LogP contribution in [0.25, 0.3) is 0 Å². The molecule has 0 aliphatic heterocycles. The second-order valence-electron chi connectivity index (χ2n) is 0.0639. The molecular formula is C5H15I3V. The molecule has 0 aromatic carbocycles. The molecule has 0 spiro atoms. The molecule has 0 radical (unpaired) electrons. The molecule has 0 amide bonds. The fraction of sp³-hybridized carbons (Fsp3) is 1.00. The number of hydrogen-bond donors (Lipinski definition) is 0. The second-order valence-corrected chi connectivity index (χ2v) is 11.9. The van der Waals surface area contributed by atoms with Gasteiger partial charge in [-0.15, -0.1) is 0 Å². The van der Waals surface area contributed by atoms with E-state index >= 15 is 0 Å². The SMILES string of the molecule is CC.CC.CI.[I][V][I]. The van der Waals surface area contributed by atoms with Gasteiger partial charge in [-0.2, -0.15) is 0 Å². The molecule has 0 aromatic heterocycles. The first-order chi connectivity index (χ1) is 4.41. The molecule has 0 aliphatic rings. The third-order valence-electron chi connectivity index (χ3n) is 0. The summed E-state index contributed by atoms with van der Waals surface area (Å²) in [5, 5.41) is 0. The summed E-state index contributed by atoms with van der Waals surface area (Å²) < 4.78 is 0. The van der Waals surface area contributed by atoms with E-state index in [4.69, 9.17) is 0 Å². The van der Waals surface area contributed by atoms with Gasteiger partial charge in [0.05, 0.1) is 0 Å². The molecule has 9 heavy (non-hydrogen) atoms. The van der Waals surface area contributed by atoms with Crippen LogP contribution in [0.1, 0.15) is 27.7 Å². The van der Waals surface area contributed by atoms with E-state index in [1.54, 1.807) is 0 Å². The summed E-state index contributed by atoms with van der Waals surface area (Å²) in [7, 11) is 0.628. The Hall–Kier alpha value is 2.77. The van der Waals surface area contributed by atoms with E-state index in [0.717, 1.165) is 0 Å². The Bertz CT molecular complexity index is 12.2. The average Bonchev–Trinajstić information content (AvgIpc) is 2.01. The molecule has 0 bridgehead atoms. The predicted molar refractivity (Wildman–Crippen MR) is 70.7 cm³/mol. The average molecular weight is 507 g/mol. The van der Waals surface area contributed by atoms with Crippen molar-refractivity contribution in [2.45, 2.75) is 27.7 Å². The van der Waals surface area contributed by atoms with Crippen LogP contribution in [0.2, 0.25) is 0 Å². The standard InChI is InChI=1S/2C2H6.CH3I.2HI.V/c3*1-2;;;/h2*1-2H3;1H3;2*1H;/q;;;;;+2/p-2. The van der Waals surface area contributed by atoms with E-state index < -0.39 is 0 Å². The van der Waals surface area contributed by atoms with Crippen LogP contribution in [-0.2, 0) is 9.47 Å². The van der Waals surface area contributed by atoms with Gasteiger partial charge in [-0.25, -0.2) is 0 Å². The Morgan fingerprint density at radius 1 is 0.778 bits per heavy atom. The molecule has 0 N–H and O–H groups in total. The molecule has 0 aliphatic carbocycles. The molecule has 4 heteroatoms. The van der Waals surface area contributed by atoms with Crippen molar-refractivity contribution in [2.75, 3.05) is 4.93 Å². The van der Waals surface area contributed by atoms with Gasteiger partial charge >= 0.3 is 49.4 Å². The van der Waals surface area contributed by atoms with Gasteiger partial charge in [0, 0.05) is 0 Å². The van der Waals surface area contributed by atoms with Crippen molar-refractivity contribution in [3.63, 3.8) is 0 Å². The summed E-state index contributed by atoms with van der Waals surface area (Å²) in [5.41, 5.74) is 0. The molecular weight excluding hydrogens is 492 g/mol. The topological polar surface area (TPSA) is 0 Å². The first kappa shape index (κ1) is 22.6. The first-order valence-corrected chi connectivity index (χ1v) is 13.9. The van der Waals surface area contributed by atoms with Crippen molar-refractivity contribution in [3.8, 4) is 0 Å². The van der Waals surface area contributed by atoms with Gasteiger partial charge in [0.1, 0.15) is 0 Å². The monoisotopic (exact) mass is 507 g/mol. The van der Waals surface area contributed by atoms with Gasteiger partial charge in [-0.3, -0.25) is 0 Å². The van der Waals surface area contributed by atoms with Crippen LogP contribution in [0.3, 0.4) is 0 Å². The zero-order valence-electron chi connectivity index (χ0n) is 6.58. The molecule has 0 fully saturated rings. The Morgan fingerprint density at radius 2 is 0.778 bits per heavy atom. The fourth-order valence-electron chi connectivity index (χ4n) is 0. The van der Waals surface area contributed by atoms with Crippen LogP contribution in [-0.4, -0.2) is 4.93 Å². The molecule has 61 valence electrons. The number of hydrogen-bond acceptors (Lipinski definition) is 0. The zero-order chi connectivity index (χ0) is 8.71. The molecule has 0 saturated carbocycles. The Balaban J connectivity index is -0.0000000190. The Morgan fingerprint density at radius 3 is 0.778 bits per heavy atom. The van der Waals surface area contributed by atoms with Gasteiger partial charge < -0.3 is 0 Å². The van der Waals surface area contributed by atoms with E-state index in [1.165, 1.54) is 0 Å². The van der Waals surface area contributed by atoms with E-state index in [-0.39, 0.29) is 0 Å². The summed E-state index contributed by atoms with van der Waals surface area (Å²) in [6.07, 6.45) is 0. The molecule has 0 saturated heterocycles. The minimum absolute atomic E-state index is 0.628. The zero-order valence-corrected chi connectivity index (χ0v) is 14.5. The molecule has 0 nitrogen and oxygen atoms in total. The molecule has 0 unspecified atom stereocenters. The van der Waals surface area contributed by atoms with E-state index in [2.05, 4.69) is 62.5 Å². The van der Waals surface area contributed by atoms with Gasteiger partial charge in [-0.05, 0) is 4.93 Å². The van der Waals surface area contributed by atoms with Crippen molar-refractivity contribution in [2.24, 2.45) is 0 Å². The number of halogens is 3. The minimum atomic E-state index is 0.628. The predicted octanol–water partition coefficient (Wildman–Crippen LogP) is 4.87. The summed E-state index contributed by atoms with van der Waals surface area (Å²) in [5.74, 6) is 0. The van der Waals surface area contributed by atoms with Crippen LogP contribution in [0.5, 0.6) is 0 Å². The maximum atomic E-state index is 2.37. The van der Waals surface area contributed by atoms with E-state index in [1.807, 2.05) is 32.6 Å². The molecule has 0 heterocycles. The van der Waals surface area contributed by atoms with Crippen LogP contribution in [0, 0.1) is 0 Å².